The third-order valence-corrected chi connectivity index (χ3v) is 5.48. The van der Waals surface area contributed by atoms with Gasteiger partial charge in [0, 0.05) is 29.9 Å². The minimum Gasteiger partial charge on any atom is -0.322 e. The average molecular weight is 475 g/mol. The maximum Gasteiger partial charge on any atom is 0.258 e. The summed E-state index contributed by atoms with van der Waals surface area (Å²) in [5.41, 5.74) is 1.54. The summed E-state index contributed by atoms with van der Waals surface area (Å²) >= 11 is 6.03. The zero-order valence-corrected chi connectivity index (χ0v) is 18.5. The van der Waals surface area contributed by atoms with E-state index >= 15 is 0 Å². The fourth-order valence-corrected chi connectivity index (χ4v) is 4.08. The Morgan fingerprint density at radius 3 is 2.59 bits per heavy atom. The van der Waals surface area contributed by atoms with Gasteiger partial charge in [-0.05, 0) is 36.8 Å². The van der Waals surface area contributed by atoms with Crippen molar-refractivity contribution < 1.29 is 18.0 Å². The minimum atomic E-state index is -3.49. The number of sulfonamides is 1. The predicted molar refractivity (Wildman–Crippen MR) is 121 cm³/mol. The summed E-state index contributed by atoms with van der Waals surface area (Å²) in [5.74, 6) is 0.110. The molecule has 0 bridgehead atoms. The number of carbonyl (C=O) groups excluding carboxylic acids is 2. The molecule has 3 aromatic rings. The molecule has 0 aliphatic carbocycles. The summed E-state index contributed by atoms with van der Waals surface area (Å²) in [6.07, 6.45) is 6.88. The number of anilines is 3. The highest BCUT2D eigenvalue weighted by Crippen LogP contribution is 2.24. The lowest BCUT2D eigenvalue weighted by Crippen LogP contribution is -2.23. The maximum absolute atomic E-state index is 12.6. The van der Waals surface area contributed by atoms with E-state index in [1.165, 1.54) is 35.3 Å². The van der Waals surface area contributed by atoms with Crippen molar-refractivity contribution in [2.75, 3.05) is 27.7 Å². The second-order valence-corrected chi connectivity index (χ2v) is 9.44. The van der Waals surface area contributed by atoms with Crippen molar-refractivity contribution in [3.8, 4) is 5.82 Å². The number of benzene rings is 1. The molecule has 0 radical (unpaired) electrons. The Bertz CT molecular complexity index is 1290. The molecular weight excluding hydrogens is 456 g/mol. The summed E-state index contributed by atoms with van der Waals surface area (Å²) < 4.78 is 26.6. The Morgan fingerprint density at radius 2 is 1.94 bits per heavy atom. The van der Waals surface area contributed by atoms with Gasteiger partial charge < -0.3 is 10.2 Å². The molecule has 10 nitrogen and oxygen atoms in total. The summed E-state index contributed by atoms with van der Waals surface area (Å²) in [5, 5.41) is 7.09. The molecule has 1 aromatic carbocycles. The Hall–Kier alpha value is -3.44. The molecule has 0 unspecified atom stereocenters. The number of pyridine rings is 1. The molecule has 2 amide bonds. The Labute approximate surface area is 189 Å². The number of nitrogens with zero attached hydrogens (tertiary/aromatic N) is 4. The molecule has 1 aliphatic rings. The molecule has 0 atom stereocenters. The van der Waals surface area contributed by atoms with Crippen LogP contribution in [0.15, 0.2) is 48.9 Å². The van der Waals surface area contributed by atoms with E-state index in [0.717, 1.165) is 18.4 Å². The van der Waals surface area contributed by atoms with Gasteiger partial charge in [0.05, 0.1) is 35.6 Å². The molecular formula is C20H19ClN6O4S. The second kappa shape index (κ2) is 8.60. The summed E-state index contributed by atoms with van der Waals surface area (Å²) in [4.78, 5) is 30.5. The lowest BCUT2D eigenvalue weighted by atomic mass is 10.2. The molecule has 1 fully saturated rings. The van der Waals surface area contributed by atoms with E-state index < -0.39 is 15.9 Å². The molecule has 0 saturated carbocycles. The Kier molecular flexibility index (Phi) is 5.85. The van der Waals surface area contributed by atoms with Gasteiger partial charge in [-0.1, -0.05) is 11.6 Å². The highest BCUT2D eigenvalue weighted by Gasteiger charge is 2.22. The van der Waals surface area contributed by atoms with Gasteiger partial charge in [-0.15, -0.1) is 0 Å². The molecule has 32 heavy (non-hydrogen) atoms. The van der Waals surface area contributed by atoms with E-state index in [0.29, 0.717) is 24.5 Å². The summed E-state index contributed by atoms with van der Waals surface area (Å²) in [7, 11) is -3.49. The van der Waals surface area contributed by atoms with Crippen molar-refractivity contribution in [3.63, 3.8) is 0 Å². The summed E-state index contributed by atoms with van der Waals surface area (Å²) in [6.45, 7) is 0.677. The first-order chi connectivity index (χ1) is 15.2. The fourth-order valence-electron chi connectivity index (χ4n) is 3.30. The van der Waals surface area contributed by atoms with Crippen LogP contribution in [-0.2, 0) is 14.8 Å². The standard InChI is InChI=1S/C20H19ClN6O4S/c1-32(30,31)25-16-8-14(21)7-15(9-16)24-20(29)13-10-23-27(12-13)18-5-4-17(11-22-18)26-6-2-3-19(26)28/h4-5,7-12,25H,2-3,6H2,1H3,(H,24,29). The first-order valence-corrected chi connectivity index (χ1v) is 11.9. The topological polar surface area (TPSA) is 126 Å². The van der Waals surface area contributed by atoms with E-state index in [1.54, 1.807) is 23.2 Å². The quantitative estimate of drug-likeness (QED) is 0.565. The molecule has 1 aliphatic heterocycles. The van der Waals surface area contributed by atoms with Gasteiger partial charge in [-0.25, -0.2) is 18.1 Å². The van der Waals surface area contributed by atoms with Crippen LogP contribution in [0, 0.1) is 0 Å². The number of carbonyl (C=O) groups is 2. The number of hydrogen-bond donors (Lipinski definition) is 2. The van der Waals surface area contributed by atoms with Crippen molar-refractivity contribution in [1.29, 1.82) is 0 Å². The molecule has 1 saturated heterocycles. The Morgan fingerprint density at radius 1 is 1.16 bits per heavy atom. The number of nitrogens with one attached hydrogen (secondary N) is 2. The van der Waals surface area contributed by atoms with Gasteiger partial charge in [-0.2, -0.15) is 5.10 Å². The molecule has 12 heteroatoms. The Balaban J connectivity index is 1.48. The third-order valence-electron chi connectivity index (χ3n) is 4.66. The van der Waals surface area contributed by atoms with Gasteiger partial charge in [0.1, 0.15) is 0 Å². The van der Waals surface area contributed by atoms with Crippen LogP contribution in [0.4, 0.5) is 17.1 Å². The van der Waals surface area contributed by atoms with E-state index in [4.69, 9.17) is 11.6 Å². The van der Waals surface area contributed by atoms with Gasteiger partial charge in [0.25, 0.3) is 5.91 Å². The van der Waals surface area contributed by atoms with Crippen molar-refractivity contribution in [1.82, 2.24) is 14.8 Å². The van der Waals surface area contributed by atoms with Crippen molar-refractivity contribution in [2.24, 2.45) is 0 Å². The lowest BCUT2D eigenvalue weighted by Gasteiger charge is -2.15. The average Bonchev–Trinajstić information content (AvgIpc) is 3.35. The number of rotatable bonds is 6. The van der Waals surface area contributed by atoms with Crippen LogP contribution in [-0.4, -0.2) is 47.8 Å². The summed E-state index contributed by atoms with van der Waals surface area (Å²) in [6, 6.07) is 7.89. The van der Waals surface area contributed by atoms with E-state index in [-0.39, 0.29) is 22.2 Å². The van der Waals surface area contributed by atoms with Crippen molar-refractivity contribution in [2.45, 2.75) is 12.8 Å². The molecule has 2 N–H and O–H groups in total. The molecule has 3 heterocycles. The van der Waals surface area contributed by atoms with Crippen LogP contribution in [0.25, 0.3) is 5.82 Å². The van der Waals surface area contributed by atoms with E-state index in [2.05, 4.69) is 20.1 Å². The van der Waals surface area contributed by atoms with E-state index in [1.807, 2.05) is 0 Å². The number of amides is 2. The van der Waals surface area contributed by atoms with Crippen LogP contribution in [0.3, 0.4) is 0 Å². The SMILES string of the molecule is CS(=O)(=O)Nc1cc(Cl)cc(NC(=O)c2cnn(-c3ccc(N4CCCC4=O)cn3)c2)c1. The number of aromatic nitrogens is 3. The van der Waals surface area contributed by atoms with Gasteiger partial charge >= 0.3 is 0 Å². The monoisotopic (exact) mass is 474 g/mol. The fraction of sp³-hybridized carbons (Fsp3) is 0.200. The molecule has 4 rings (SSSR count). The highest BCUT2D eigenvalue weighted by atomic mass is 35.5. The second-order valence-electron chi connectivity index (χ2n) is 7.25. The van der Waals surface area contributed by atoms with Crippen LogP contribution in [0.1, 0.15) is 23.2 Å². The maximum atomic E-state index is 12.6. The highest BCUT2D eigenvalue weighted by molar-refractivity contribution is 7.92. The number of hydrogen-bond acceptors (Lipinski definition) is 6. The van der Waals surface area contributed by atoms with Crippen LogP contribution < -0.4 is 14.9 Å². The first-order valence-electron chi connectivity index (χ1n) is 9.59. The molecule has 166 valence electrons. The third kappa shape index (κ3) is 5.06. The van der Waals surface area contributed by atoms with Crippen molar-refractivity contribution >= 4 is 50.5 Å². The first kappa shape index (κ1) is 21.8. The zero-order valence-electron chi connectivity index (χ0n) is 16.9. The lowest BCUT2D eigenvalue weighted by molar-refractivity contribution is -0.117. The van der Waals surface area contributed by atoms with Crippen LogP contribution in [0.2, 0.25) is 5.02 Å². The largest absolute Gasteiger partial charge is 0.322 e. The molecule has 0 spiro atoms. The van der Waals surface area contributed by atoms with Gasteiger partial charge in [-0.3, -0.25) is 14.3 Å². The van der Waals surface area contributed by atoms with Gasteiger partial charge in [0.2, 0.25) is 15.9 Å². The predicted octanol–water partition coefficient (Wildman–Crippen LogP) is 2.67. The number of halogens is 1. The van der Waals surface area contributed by atoms with Crippen LogP contribution >= 0.6 is 11.6 Å². The van der Waals surface area contributed by atoms with E-state index in [9.17, 15) is 18.0 Å². The smallest absolute Gasteiger partial charge is 0.258 e. The molecule has 2 aromatic heterocycles. The van der Waals surface area contributed by atoms with Crippen LogP contribution in [0.5, 0.6) is 0 Å². The minimum absolute atomic E-state index is 0.0773. The normalized spacial score (nSPS) is 13.9. The van der Waals surface area contributed by atoms with Crippen molar-refractivity contribution in [3.05, 3.63) is 59.5 Å². The zero-order chi connectivity index (χ0) is 22.9. The van der Waals surface area contributed by atoms with Gasteiger partial charge in [0.15, 0.2) is 5.82 Å².